The van der Waals surface area contributed by atoms with E-state index in [1.165, 1.54) is 38.5 Å². The fraction of sp³-hybridized carbons (Fsp3) is 0.400. The Hall–Kier alpha value is -2.44. The van der Waals surface area contributed by atoms with Gasteiger partial charge in [-0.25, -0.2) is 9.18 Å². The molecular weight excluding hydrogens is 293 g/mol. The van der Waals surface area contributed by atoms with Crippen molar-refractivity contribution in [3.8, 4) is 0 Å². The van der Waals surface area contributed by atoms with Gasteiger partial charge in [-0.3, -0.25) is 9.59 Å². The number of nitrogens with one attached hydrogen (secondary N) is 1. The first-order chi connectivity index (χ1) is 10.5. The Labute approximate surface area is 127 Å². The van der Waals surface area contributed by atoms with Crippen LogP contribution in [0.5, 0.6) is 0 Å². The third-order valence-electron chi connectivity index (χ3n) is 2.96. The fourth-order valence-corrected chi connectivity index (χ4v) is 1.79. The quantitative estimate of drug-likeness (QED) is 0.759. The van der Waals surface area contributed by atoms with Gasteiger partial charge in [-0.1, -0.05) is 12.1 Å². The first kappa shape index (κ1) is 17.6. The van der Waals surface area contributed by atoms with Gasteiger partial charge in [-0.2, -0.15) is 0 Å². The average molecular weight is 311 g/mol. The molecule has 6 nitrogen and oxygen atoms in total. The molecule has 0 fully saturated rings. The minimum Gasteiger partial charge on any atom is -0.469 e. The lowest BCUT2D eigenvalue weighted by Crippen LogP contribution is -2.42. The molecule has 0 bridgehead atoms. The number of rotatable bonds is 7. The summed E-state index contributed by atoms with van der Waals surface area (Å²) in [6.45, 7) is 0. The molecule has 0 spiro atoms. The molecule has 1 amide bonds. The molecule has 0 aliphatic carbocycles. The normalized spacial score (nSPS) is 11.4. The van der Waals surface area contributed by atoms with Crippen LogP contribution in [0.2, 0.25) is 0 Å². The van der Waals surface area contributed by atoms with Crippen LogP contribution in [0.25, 0.3) is 0 Å². The summed E-state index contributed by atoms with van der Waals surface area (Å²) in [7, 11) is 2.43. The fourth-order valence-electron chi connectivity index (χ4n) is 1.79. The molecule has 7 heteroatoms. The Kier molecular flexibility index (Phi) is 7.01. The maximum absolute atomic E-state index is 12.8. The average Bonchev–Trinajstić information content (AvgIpc) is 2.52. The van der Waals surface area contributed by atoms with Crippen molar-refractivity contribution in [3.63, 3.8) is 0 Å². The molecule has 0 unspecified atom stereocenters. The highest BCUT2D eigenvalue weighted by molar-refractivity contribution is 5.86. The molecular formula is C15H18FNO5. The van der Waals surface area contributed by atoms with Crippen LogP contribution < -0.4 is 5.32 Å². The van der Waals surface area contributed by atoms with Crippen molar-refractivity contribution in [2.75, 3.05) is 14.2 Å². The van der Waals surface area contributed by atoms with Crippen LogP contribution in [0.4, 0.5) is 4.39 Å². The van der Waals surface area contributed by atoms with Crippen molar-refractivity contribution in [2.45, 2.75) is 25.3 Å². The molecule has 1 rings (SSSR count). The second-order valence-corrected chi connectivity index (χ2v) is 4.56. The molecule has 1 N–H and O–H groups in total. The number of esters is 2. The van der Waals surface area contributed by atoms with Crippen LogP contribution in [-0.2, 0) is 30.3 Å². The molecule has 0 heterocycles. The Balaban J connectivity index is 2.59. The number of hydrogen-bond acceptors (Lipinski definition) is 5. The van der Waals surface area contributed by atoms with Gasteiger partial charge in [-0.05, 0) is 24.1 Å². The van der Waals surface area contributed by atoms with E-state index in [9.17, 15) is 18.8 Å². The minimum atomic E-state index is -0.933. The highest BCUT2D eigenvalue weighted by atomic mass is 19.1. The van der Waals surface area contributed by atoms with E-state index < -0.39 is 29.7 Å². The summed E-state index contributed by atoms with van der Waals surface area (Å²) >= 11 is 0. The smallest absolute Gasteiger partial charge is 0.328 e. The number of amides is 1. The van der Waals surface area contributed by atoms with Crippen molar-refractivity contribution in [1.82, 2.24) is 5.32 Å². The monoisotopic (exact) mass is 311 g/mol. The SMILES string of the molecule is COC(=O)CC[C@@H](NC(=O)Cc1ccc(F)cc1)C(=O)OC. The maximum Gasteiger partial charge on any atom is 0.328 e. The zero-order chi connectivity index (χ0) is 16.5. The summed E-state index contributed by atoms with van der Waals surface area (Å²) in [5, 5.41) is 2.50. The van der Waals surface area contributed by atoms with Crippen molar-refractivity contribution in [3.05, 3.63) is 35.6 Å². The van der Waals surface area contributed by atoms with Crippen LogP contribution in [0.3, 0.4) is 0 Å². The van der Waals surface area contributed by atoms with E-state index in [1.54, 1.807) is 0 Å². The van der Waals surface area contributed by atoms with Crippen molar-refractivity contribution < 1.29 is 28.2 Å². The molecule has 1 aromatic rings. The van der Waals surface area contributed by atoms with E-state index in [0.29, 0.717) is 5.56 Å². The molecule has 22 heavy (non-hydrogen) atoms. The molecule has 0 radical (unpaired) electrons. The highest BCUT2D eigenvalue weighted by Crippen LogP contribution is 2.05. The number of ether oxygens (including phenoxy) is 2. The van der Waals surface area contributed by atoms with E-state index >= 15 is 0 Å². The summed E-state index contributed by atoms with van der Waals surface area (Å²) in [5.41, 5.74) is 0.607. The van der Waals surface area contributed by atoms with Gasteiger partial charge in [-0.15, -0.1) is 0 Å². The van der Waals surface area contributed by atoms with Crippen LogP contribution in [0.15, 0.2) is 24.3 Å². The number of carbonyl (C=O) groups is 3. The first-order valence-electron chi connectivity index (χ1n) is 6.64. The number of benzene rings is 1. The van der Waals surface area contributed by atoms with Crippen LogP contribution in [0, 0.1) is 5.82 Å². The van der Waals surface area contributed by atoms with Gasteiger partial charge in [0, 0.05) is 6.42 Å². The molecule has 0 saturated heterocycles. The second kappa shape index (κ2) is 8.76. The number of halogens is 1. The number of carbonyl (C=O) groups excluding carboxylic acids is 3. The van der Waals surface area contributed by atoms with Crippen LogP contribution in [0.1, 0.15) is 18.4 Å². The number of hydrogen-bond donors (Lipinski definition) is 1. The van der Waals surface area contributed by atoms with E-state index in [1.807, 2.05) is 0 Å². The molecule has 1 atom stereocenters. The van der Waals surface area contributed by atoms with Crippen LogP contribution >= 0.6 is 0 Å². The second-order valence-electron chi connectivity index (χ2n) is 4.56. The highest BCUT2D eigenvalue weighted by Gasteiger charge is 2.22. The third kappa shape index (κ3) is 5.90. The van der Waals surface area contributed by atoms with Crippen molar-refractivity contribution >= 4 is 17.8 Å². The first-order valence-corrected chi connectivity index (χ1v) is 6.64. The predicted octanol–water partition coefficient (Wildman–Crippen LogP) is 0.979. The Bertz CT molecular complexity index is 529. The maximum atomic E-state index is 12.8. The van der Waals surface area contributed by atoms with E-state index in [0.717, 1.165) is 0 Å². The van der Waals surface area contributed by atoms with Crippen LogP contribution in [-0.4, -0.2) is 38.1 Å². The Morgan fingerprint density at radius 2 is 1.77 bits per heavy atom. The van der Waals surface area contributed by atoms with Gasteiger partial charge in [0.15, 0.2) is 0 Å². The largest absolute Gasteiger partial charge is 0.469 e. The zero-order valence-corrected chi connectivity index (χ0v) is 12.4. The van der Waals surface area contributed by atoms with Gasteiger partial charge < -0.3 is 14.8 Å². The molecule has 0 saturated carbocycles. The summed E-state index contributed by atoms with van der Waals surface area (Å²) < 4.78 is 21.9. The van der Waals surface area contributed by atoms with Gasteiger partial charge in [0.05, 0.1) is 20.6 Å². The molecule has 0 aliphatic rings. The van der Waals surface area contributed by atoms with E-state index in [2.05, 4.69) is 14.8 Å². The summed E-state index contributed by atoms with van der Waals surface area (Å²) in [5.74, 6) is -1.94. The zero-order valence-electron chi connectivity index (χ0n) is 12.4. The summed E-state index contributed by atoms with van der Waals surface area (Å²) in [6, 6.07) is 4.53. The molecule has 1 aromatic carbocycles. The number of methoxy groups -OCH3 is 2. The lowest BCUT2D eigenvalue weighted by Gasteiger charge is -2.16. The molecule has 0 aromatic heterocycles. The van der Waals surface area contributed by atoms with Gasteiger partial charge in [0.1, 0.15) is 11.9 Å². The standard InChI is InChI=1S/C15H18FNO5/c1-21-14(19)8-7-12(15(20)22-2)17-13(18)9-10-3-5-11(16)6-4-10/h3-6,12H,7-9H2,1-2H3,(H,17,18)/t12-/m1/s1. The van der Waals surface area contributed by atoms with Gasteiger partial charge in [0.25, 0.3) is 0 Å². The third-order valence-corrected chi connectivity index (χ3v) is 2.96. The summed E-state index contributed by atoms with van der Waals surface area (Å²) in [6.07, 6.45) is 0.0492. The predicted molar refractivity (Wildman–Crippen MR) is 75.3 cm³/mol. The van der Waals surface area contributed by atoms with Gasteiger partial charge in [0.2, 0.25) is 5.91 Å². The van der Waals surface area contributed by atoms with E-state index in [4.69, 9.17) is 0 Å². The lowest BCUT2D eigenvalue weighted by atomic mass is 10.1. The Morgan fingerprint density at radius 1 is 1.14 bits per heavy atom. The molecule has 120 valence electrons. The van der Waals surface area contributed by atoms with Crippen molar-refractivity contribution in [1.29, 1.82) is 0 Å². The molecule has 0 aliphatic heterocycles. The summed E-state index contributed by atoms with van der Waals surface area (Å²) in [4.78, 5) is 34.6. The van der Waals surface area contributed by atoms with Gasteiger partial charge >= 0.3 is 11.9 Å². The topological polar surface area (TPSA) is 81.7 Å². The lowest BCUT2D eigenvalue weighted by molar-refractivity contribution is -0.146. The minimum absolute atomic E-state index is 0.00794. The van der Waals surface area contributed by atoms with Crippen molar-refractivity contribution in [2.24, 2.45) is 0 Å². The van der Waals surface area contributed by atoms with E-state index in [-0.39, 0.29) is 19.3 Å². The Morgan fingerprint density at radius 3 is 2.32 bits per heavy atom.